The molecule has 0 aliphatic carbocycles. The van der Waals surface area contributed by atoms with Gasteiger partial charge in [-0.2, -0.15) is 44.5 Å². The van der Waals surface area contributed by atoms with Crippen molar-refractivity contribution in [3.05, 3.63) is 45.7 Å². The van der Waals surface area contributed by atoms with E-state index in [2.05, 4.69) is 4.99 Å². The maximum Gasteiger partial charge on any atom is 0.416 e. The summed E-state index contributed by atoms with van der Waals surface area (Å²) in [5.74, 6) is -6.84. The first-order valence-electron chi connectivity index (χ1n) is 7.75. The van der Waals surface area contributed by atoms with Gasteiger partial charge in [0, 0.05) is 16.8 Å². The number of hydrogen-bond donors (Lipinski definition) is 0. The number of amides is 1. The van der Waals surface area contributed by atoms with Gasteiger partial charge in [-0.05, 0) is 24.6 Å². The molecule has 1 heterocycles. The Kier molecular flexibility index (Phi) is 6.21. The normalized spacial score (nSPS) is 14.0. The Hall–Kier alpha value is -2.31. The zero-order valence-electron chi connectivity index (χ0n) is 14.3. The lowest BCUT2D eigenvalue weighted by atomic mass is 10.1. The van der Waals surface area contributed by atoms with Crippen molar-refractivity contribution in [2.75, 3.05) is 0 Å². The van der Waals surface area contributed by atoms with Crippen LogP contribution in [0.3, 0.4) is 0 Å². The number of carbonyl (C=O) groups is 1. The summed E-state index contributed by atoms with van der Waals surface area (Å²) in [5.41, 5.74) is -1.31. The molecule has 0 saturated heterocycles. The van der Waals surface area contributed by atoms with E-state index in [-0.39, 0.29) is 12.1 Å². The first kappa shape index (κ1) is 23.0. The molecule has 0 spiro atoms. The van der Waals surface area contributed by atoms with Crippen molar-refractivity contribution in [1.29, 1.82) is 0 Å². The Balaban J connectivity index is 2.64. The maximum atomic E-state index is 12.9. The third-order valence-electron chi connectivity index (χ3n) is 3.61. The van der Waals surface area contributed by atoms with Crippen molar-refractivity contribution in [3.8, 4) is 5.69 Å². The minimum Gasteiger partial charge on any atom is -0.292 e. The second-order valence-electron chi connectivity index (χ2n) is 5.72. The molecule has 1 aromatic heterocycles. The van der Waals surface area contributed by atoms with Gasteiger partial charge in [0.15, 0.2) is 4.80 Å². The molecule has 2 aromatic rings. The highest BCUT2D eigenvalue weighted by molar-refractivity contribution is 7.09. The number of alkyl halides is 9. The molecule has 160 valence electrons. The molecule has 0 fully saturated rings. The molecule has 0 atom stereocenters. The van der Waals surface area contributed by atoms with Gasteiger partial charge in [0.25, 0.3) is 5.91 Å². The summed E-state index contributed by atoms with van der Waals surface area (Å²) in [7, 11) is 0. The second-order valence-corrected chi connectivity index (χ2v) is 6.81. The van der Waals surface area contributed by atoms with Gasteiger partial charge in [0.05, 0.1) is 5.56 Å². The van der Waals surface area contributed by atoms with Crippen LogP contribution in [-0.4, -0.2) is 22.8 Å². The number of aromatic nitrogens is 1. The van der Waals surface area contributed by atoms with Crippen LogP contribution in [0.1, 0.15) is 17.4 Å². The van der Waals surface area contributed by atoms with E-state index in [1.807, 2.05) is 0 Å². The highest BCUT2D eigenvalue weighted by Gasteiger charge is 2.61. The van der Waals surface area contributed by atoms with Crippen LogP contribution in [0.15, 0.2) is 35.5 Å². The molecule has 0 aliphatic heterocycles. The standard InChI is InChI=1S/C16H11F9N2OS/c1-2-10-7-27(9-5-3-4-8(6-9)14(17,18)19)13(29-10)26-12(28)11(15(20,21)22)16(23,24)25/h3-7,11H,2H2,1H3. The molecule has 1 amide bonds. The predicted octanol–water partition coefficient (Wildman–Crippen LogP) is 5.29. The molecule has 0 saturated carbocycles. The van der Waals surface area contributed by atoms with Gasteiger partial charge < -0.3 is 0 Å². The maximum absolute atomic E-state index is 12.9. The molecule has 0 N–H and O–H groups in total. The summed E-state index contributed by atoms with van der Waals surface area (Å²) in [6.07, 6.45) is -15.1. The SMILES string of the molecule is CCc1cn(-c2cccc(C(F)(F)F)c2)c(=NC(=O)C(C(F)(F)F)C(F)(F)F)s1. The first-order chi connectivity index (χ1) is 13.1. The number of hydrogen-bond acceptors (Lipinski definition) is 2. The Morgan fingerprint density at radius 2 is 1.66 bits per heavy atom. The second kappa shape index (κ2) is 7.84. The molecule has 13 heteroatoms. The average molecular weight is 450 g/mol. The lowest BCUT2D eigenvalue weighted by Gasteiger charge is -2.19. The molecule has 3 nitrogen and oxygen atoms in total. The van der Waals surface area contributed by atoms with Crippen LogP contribution in [0.4, 0.5) is 39.5 Å². The van der Waals surface area contributed by atoms with E-state index in [9.17, 15) is 44.3 Å². The molecule has 2 rings (SSSR count). The molecule has 1 aromatic carbocycles. The first-order valence-corrected chi connectivity index (χ1v) is 8.57. The summed E-state index contributed by atoms with van der Waals surface area (Å²) in [5, 5.41) is 0. The summed E-state index contributed by atoms with van der Waals surface area (Å²) >= 11 is 0.594. The Bertz CT molecular complexity index is 937. The van der Waals surface area contributed by atoms with Crippen LogP contribution in [0, 0.1) is 5.92 Å². The number of benzene rings is 1. The minimum atomic E-state index is -5.93. The lowest BCUT2D eigenvalue weighted by Crippen LogP contribution is -2.42. The fraction of sp³-hybridized carbons (Fsp3) is 0.375. The van der Waals surface area contributed by atoms with E-state index in [0.29, 0.717) is 22.3 Å². The van der Waals surface area contributed by atoms with Crippen LogP contribution in [0.5, 0.6) is 0 Å². The van der Waals surface area contributed by atoms with E-state index in [1.54, 1.807) is 6.92 Å². The van der Waals surface area contributed by atoms with E-state index in [1.165, 1.54) is 6.20 Å². The number of carbonyl (C=O) groups excluding carboxylic acids is 1. The van der Waals surface area contributed by atoms with Gasteiger partial charge in [-0.3, -0.25) is 9.36 Å². The van der Waals surface area contributed by atoms with E-state index >= 15 is 0 Å². The van der Waals surface area contributed by atoms with E-state index in [0.717, 1.165) is 22.8 Å². The van der Waals surface area contributed by atoms with Gasteiger partial charge in [0.1, 0.15) is 0 Å². The monoisotopic (exact) mass is 450 g/mol. The lowest BCUT2D eigenvalue weighted by molar-refractivity contribution is -0.273. The molecule has 0 bridgehead atoms. The smallest absolute Gasteiger partial charge is 0.292 e. The number of thiazole rings is 1. The molecular weight excluding hydrogens is 439 g/mol. The molecule has 29 heavy (non-hydrogen) atoms. The molecular formula is C16H11F9N2OS. The highest BCUT2D eigenvalue weighted by atomic mass is 32.1. The Labute approximate surface area is 161 Å². The van der Waals surface area contributed by atoms with Gasteiger partial charge in [-0.25, -0.2) is 0 Å². The van der Waals surface area contributed by atoms with Gasteiger partial charge in [0.2, 0.25) is 5.92 Å². The fourth-order valence-corrected chi connectivity index (χ4v) is 3.20. The summed E-state index contributed by atoms with van der Waals surface area (Å²) in [4.78, 5) is 14.4. The quantitative estimate of drug-likeness (QED) is 0.586. The number of nitrogens with zero attached hydrogens (tertiary/aromatic N) is 2. The predicted molar refractivity (Wildman–Crippen MR) is 84.2 cm³/mol. The van der Waals surface area contributed by atoms with E-state index in [4.69, 9.17) is 0 Å². The van der Waals surface area contributed by atoms with Crippen LogP contribution in [0.2, 0.25) is 0 Å². The Morgan fingerprint density at radius 3 is 2.14 bits per heavy atom. The highest BCUT2D eigenvalue weighted by Crippen LogP contribution is 2.40. The minimum absolute atomic E-state index is 0.224. The summed E-state index contributed by atoms with van der Waals surface area (Å²) in [6, 6.07) is 3.54. The topological polar surface area (TPSA) is 34.4 Å². The van der Waals surface area contributed by atoms with Crippen LogP contribution in [-0.2, 0) is 17.4 Å². The van der Waals surface area contributed by atoms with Crippen LogP contribution >= 0.6 is 11.3 Å². The molecule has 0 unspecified atom stereocenters. The van der Waals surface area contributed by atoms with Gasteiger partial charge in [-0.15, -0.1) is 11.3 Å². The number of aryl methyl sites for hydroxylation is 1. The van der Waals surface area contributed by atoms with Crippen molar-refractivity contribution in [3.63, 3.8) is 0 Å². The van der Waals surface area contributed by atoms with Crippen LogP contribution < -0.4 is 4.80 Å². The van der Waals surface area contributed by atoms with Crippen molar-refractivity contribution in [2.24, 2.45) is 10.9 Å². The molecule has 0 aliphatic rings. The zero-order valence-corrected chi connectivity index (χ0v) is 15.1. The van der Waals surface area contributed by atoms with Crippen molar-refractivity contribution >= 4 is 17.2 Å². The van der Waals surface area contributed by atoms with Crippen molar-refractivity contribution < 1.29 is 44.3 Å². The van der Waals surface area contributed by atoms with Crippen molar-refractivity contribution in [2.45, 2.75) is 31.9 Å². The van der Waals surface area contributed by atoms with E-state index < -0.39 is 40.7 Å². The Morgan fingerprint density at radius 1 is 1.07 bits per heavy atom. The third kappa shape index (κ3) is 5.40. The fourth-order valence-electron chi connectivity index (χ4n) is 2.27. The number of rotatable bonds is 3. The van der Waals surface area contributed by atoms with Gasteiger partial charge >= 0.3 is 18.5 Å². The summed E-state index contributed by atoms with van der Waals surface area (Å²) in [6.45, 7) is 1.60. The average Bonchev–Trinajstić information content (AvgIpc) is 2.94. The van der Waals surface area contributed by atoms with Gasteiger partial charge in [-0.1, -0.05) is 13.0 Å². The number of halogens is 9. The van der Waals surface area contributed by atoms with Crippen LogP contribution in [0.25, 0.3) is 5.69 Å². The zero-order chi connectivity index (χ0) is 22.2. The molecule has 0 radical (unpaired) electrons. The largest absolute Gasteiger partial charge is 0.416 e. The van der Waals surface area contributed by atoms with Crippen molar-refractivity contribution in [1.82, 2.24) is 4.57 Å². The summed E-state index contributed by atoms with van der Waals surface area (Å²) < 4.78 is 116. The third-order valence-corrected chi connectivity index (χ3v) is 4.74.